The number of piperidine rings is 1. The number of nitrogens with zero attached hydrogens (tertiary/aromatic N) is 2. The summed E-state index contributed by atoms with van der Waals surface area (Å²) >= 11 is 0. The van der Waals surface area contributed by atoms with Crippen LogP contribution in [0.15, 0.2) is 24.3 Å². The van der Waals surface area contributed by atoms with Gasteiger partial charge < -0.3 is 10.2 Å². The van der Waals surface area contributed by atoms with Gasteiger partial charge in [0.2, 0.25) is 5.91 Å². The van der Waals surface area contributed by atoms with Crippen LogP contribution in [0.1, 0.15) is 51.4 Å². The standard InChI is InChI=1S/C21H26FN3O/c22-18-14-17(23-21(26)15-7-3-1-4-8-15)13-16-9-10-19(24-20(16)18)25-11-5-2-6-12-25/h9-10,13-15H,1-8,11-12H2,(H,23,26). The fourth-order valence-electron chi connectivity index (χ4n) is 4.16. The van der Waals surface area contributed by atoms with Gasteiger partial charge in [-0.05, 0) is 56.4 Å². The lowest BCUT2D eigenvalue weighted by atomic mass is 9.88. The molecule has 1 aromatic heterocycles. The van der Waals surface area contributed by atoms with Crippen LogP contribution in [-0.4, -0.2) is 24.0 Å². The first-order valence-corrected chi connectivity index (χ1v) is 9.87. The molecule has 0 spiro atoms. The summed E-state index contributed by atoms with van der Waals surface area (Å²) in [6.45, 7) is 1.96. The molecule has 2 fully saturated rings. The summed E-state index contributed by atoms with van der Waals surface area (Å²) in [5, 5.41) is 3.63. The van der Waals surface area contributed by atoms with Crippen LogP contribution in [0.2, 0.25) is 0 Å². The second-order valence-corrected chi connectivity index (χ2v) is 7.57. The molecule has 1 amide bonds. The van der Waals surface area contributed by atoms with Gasteiger partial charge in [-0.1, -0.05) is 19.3 Å². The minimum absolute atomic E-state index is 0.0151. The van der Waals surface area contributed by atoms with Crippen molar-refractivity contribution < 1.29 is 9.18 Å². The van der Waals surface area contributed by atoms with Crippen molar-refractivity contribution in [2.75, 3.05) is 23.3 Å². The van der Waals surface area contributed by atoms with E-state index in [1.165, 1.54) is 18.9 Å². The summed E-state index contributed by atoms with van der Waals surface area (Å²) in [6, 6.07) is 7.09. The lowest BCUT2D eigenvalue weighted by Gasteiger charge is -2.27. The molecule has 0 bridgehead atoms. The molecular weight excluding hydrogens is 329 g/mol. The van der Waals surface area contributed by atoms with E-state index in [1.54, 1.807) is 0 Å². The molecule has 1 N–H and O–H groups in total. The van der Waals surface area contributed by atoms with Gasteiger partial charge in [-0.15, -0.1) is 0 Å². The van der Waals surface area contributed by atoms with Crippen molar-refractivity contribution in [3.63, 3.8) is 0 Å². The fourth-order valence-corrected chi connectivity index (χ4v) is 4.16. The summed E-state index contributed by atoms with van der Waals surface area (Å²) in [6.07, 6.45) is 8.86. The first-order chi connectivity index (χ1) is 12.7. The number of fused-ring (bicyclic) bond motifs is 1. The van der Waals surface area contributed by atoms with E-state index >= 15 is 0 Å². The number of aromatic nitrogens is 1. The van der Waals surface area contributed by atoms with Gasteiger partial charge in [-0.25, -0.2) is 9.37 Å². The topological polar surface area (TPSA) is 45.2 Å². The largest absolute Gasteiger partial charge is 0.357 e. The summed E-state index contributed by atoms with van der Waals surface area (Å²) in [5.41, 5.74) is 0.904. The predicted molar refractivity (Wildman–Crippen MR) is 103 cm³/mol. The van der Waals surface area contributed by atoms with Gasteiger partial charge in [0.15, 0.2) is 5.82 Å². The smallest absolute Gasteiger partial charge is 0.227 e. The molecule has 1 aromatic carbocycles. The molecular formula is C21H26FN3O. The molecule has 0 unspecified atom stereocenters. The Morgan fingerprint density at radius 3 is 2.54 bits per heavy atom. The van der Waals surface area contributed by atoms with E-state index in [0.717, 1.165) is 62.8 Å². The van der Waals surface area contributed by atoms with Crippen molar-refractivity contribution in [1.29, 1.82) is 0 Å². The molecule has 5 heteroatoms. The summed E-state index contributed by atoms with van der Waals surface area (Å²) < 4.78 is 14.7. The van der Waals surface area contributed by atoms with Crippen molar-refractivity contribution in [3.05, 3.63) is 30.1 Å². The van der Waals surface area contributed by atoms with Gasteiger partial charge in [0.05, 0.1) is 0 Å². The zero-order chi connectivity index (χ0) is 17.9. The van der Waals surface area contributed by atoms with Crippen molar-refractivity contribution >= 4 is 28.3 Å². The Morgan fingerprint density at radius 2 is 1.77 bits per heavy atom. The average molecular weight is 355 g/mol. The zero-order valence-electron chi connectivity index (χ0n) is 15.1. The lowest BCUT2D eigenvalue weighted by Crippen LogP contribution is -2.30. The number of benzene rings is 1. The van der Waals surface area contributed by atoms with Gasteiger partial charge in [0, 0.05) is 30.1 Å². The SMILES string of the molecule is O=C(Nc1cc(F)c2nc(N3CCCCC3)ccc2c1)C1CCCCC1. The van der Waals surface area contributed by atoms with Crippen LogP contribution in [-0.2, 0) is 4.79 Å². The minimum Gasteiger partial charge on any atom is -0.357 e. The summed E-state index contributed by atoms with van der Waals surface area (Å²) in [5.74, 6) is 0.541. The normalized spacial score (nSPS) is 18.9. The van der Waals surface area contributed by atoms with E-state index in [4.69, 9.17) is 0 Å². The number of carbonyl (C=O) groups excluding carboxylic acids is 1. The van der Waals surface area contributed by atoms with Crippen LogP contribution in [0, 0.1) is 11.7 Å². The molecule has 0 atom stereocenters. The van der Waals surface area contributed by atoms with Crippen LogP contribution < -0.4 is 10.2 Å². The van der Waals surface area contributed by atoms with Gasteiger partial charge in [-0.3, -0.25) is 4.79 Å². The molecule has 4 nitrogen and oxygen atoms in total. The molecule has 1 saturated carbocycles. The number of nitrogens with one attached hydrogen (secondary N) is 1. The zero-order valence-corrected chi connectivity index (χ0v) is 15.1. The lowest BCUT2D eigenvalue weighted by molar-refractivity contribution is -0.120. The maximum absolute atomic E-state index is 14.7. The Kier molecular flexibility index (Phi) is 5.05. The second-order valence-electron chi connectivity index (χ2n) is 7.57. The molecule has 4 rings (SSSR count). The number of hydrogen-bond donors (Lipinski definition) is 1. The molecule has 2 aromatic rings. The van der Waals surface area contributed by atoms with E-state index in [9.17, 15) is 9.18 Å². The highest BCUT2D eigenvalue weighted by molar-refractivity contribution is 5.95. The molecule has 2 heterocycles. The van der Waals surface area contributed by atoms with E-state index in [1.807, 2.05) is 18.2 Å². The number of halogens is 1. The van der Waals surface area contributed by atoms with Crippen molar-refractivity contribution in [3.8, 4) is 0 Å². The maximum atomic E-state index is 14.7. The summed E-state index contributed by atoms with van der Waals surface area (Å²) in [7, 11) is 0. The third kappa shape index (κ3) is 3.67. The Balaban J connectivity index is 1.55. The Hall–Kier alpha value is -2.17. The van der Waals surface area contributed by atoms with Crippen LogP contribution >= 0.6 is 0 Å². The number of amides is 1. The average Bonchev–Trinajstić information content (AvgIpc) is 2.69. The third-order valence-electron chi connectivity index (χ3n) is 5.65. The highest BCUT2D eigenvalue weighted by Gasteiger charge is 2.21. The van der Waals surface area contributed by atoms with Crippen molar-refractivity contribution in [2.45, 2.75) is 51.4 Å². The molecule has 1 aliphatic heterocycles. The Labute approximate surface area is 153 Å². The number of hydrogen-bond acceptors (Lipinski definition) is 3. The Bertz CT molecular complexity index is 795. The number of carbonyl (C=O) groups is 1. The van der Waals surface area contributed by atoms with Gasteiger partial charge >= 0.3 is 0 Å². The minimum atomic E-state index is -0.375. The number of pyridine rings is 1. The highest BCUT2D eigenvalue weighted by Crippen LogP contribution is 2.28. The van der Waals surface area contributed by atoms with Crippen molar-refractivity contribution in [1.82, 2.24) is 4.98 Å². The molecule has 1 saturated heterocycles. The van der Waals surface area contributed by atoms with E-state index in [-0.39, 0.29) is 17.6 Å². The molecule has 2 aliphatic rings. The highest BCUT2D eigenvalue weighted by atomic mass is 19.1. The monoisotopic (exact) mass is 355 g/mol. The van der Waals surface area contributed by atoms with Crippen LogP contribution in [0.3, 0.4) is 0 Å². The first kappa shape index (κ1) is 17.3. The predicted octanol–water partition coefficient (Wildman–Crippen LogP) is 4.88. The Morgan fingerprint density at radius 1 is 1.04 bits per heavy atom. The molecule has 26 heavy (non-hydrogen) atoms. The number of anilines is 2. The maximum Gasteiger partial charge on any atom is 0.227 e. The van der Waals surface area contributed by atoms with Crippen molar-refractivity contribution in [2.24, 2.45) is 5.92 Å². The quantitative estimate of drug-likeness (QED) is 0.853. The van der Waals surface area contributed by atoms with Crippen LogP contribution in [0.25, 0.3) is 10.9 Å². The van der Waals surface area contributed by atoms with E-state index in [2.05, 4.69) is 15.2 Å². The van der Waals surface area contributed by atoms with Gasteiger partial charge in [0.25, 0.3) is 0 Å². The summed E-state index contributed by atoms with van der Waals surface area (Å²) in [4.78, 5) is 19.2. The van der Waals surface area contributed by atoms with Gasteiger partial charge in [-0.2, -0.15) is 0 Å². The first-order valence-electron chi connectivity index (χ1n) is 9.87. The fraction of sp³-hybridized carbons (Fsp3) is 0.524. The molecule has 0 radical (unpaired) electrons. The van der Waals surface area contributed by atoms with Crippen LogP contribution in [0.5, 0.6) is 0 Å². The van der Waals surface area contributed by atoms with E-state index in [0.29, 0.717) is 11.2 Å². The molecule has 138 valence electrons. The van der Waals surface area contributed by atoms with E-state index < -0.39 is 0 Å². The second kappa shape index (κ2) is 7.60. The third-order valence-corrected chi connectivity index (χ3v) is 5.65. The van der Waals surface area contributed by atoms with Crippen LogP contribution in [0.4, 0.5) is 15.9 Å². The van der Waals surface area contributed by atoms with Gasteiger partial charge in [0.1, 0.15) is 11.3 Å². The number of rotatable bonds is 3. The molecule has 1 aliphatic carbocycles.